The molecule has 84 valence electrons. The molecule has 3 heteroatoms. The Hall–Kier alpha value is -1.06. The van der Waals surface area contributed by atoms with E-state index in [4.69, 9.17) is 4.74 Å². The molecule has 0 spiro atoms. The predicted octanol–water partition coefficient (Wildman–Crippen LogP) is 1.66. The minimum atomic E-state index is 0.720. The van der Waals surface area contributed by atoms with Gasteiger partial charge in [0.25, 0.3) is 0 Å². The second-order valence-electron chi connectivity index (χ2n) is 3.49. The lowest BCUT2D eigenvalue weighted by molar-refractivity contribution is 0.338. The number of ether oxygens (including phenoxy) is 1. The SMILES string of the molecule is CCOc1ccc(CNCNC)cc1C. The standard InChI is InChI=1S/C12H20N2O/c1-4-15-12-6-5-11(7-10(12)2)8-14-9-13-3/h5-7,13-14H,4,8-9H2,1-3H3. The molecule has 0 bridgehead atoms. The van der Waals surface area contributed by atoms with Crippen molar-refractivity contribution in [1.82, 2.24) is 10.6 Å². The number of nitrogens with one attached hydrogen (secondary N) is 2. The van der Waals surface area contributed by atoms with E-state index >= 15 is 0 Å². The summed E-state index contributed by atoms with van der Waals surface area (Å²) in [6.45, 7) is 6.51. The largest absolute Gasteiger partial charge is 0.494 e. The molecule has 0 heterocycles. The van der Waals surface area contributed by atoms with Gasteiger partial charge in [-0.2, -0.15) is 0 Å². The molecule has 0 aliphatic rings. The normalized spacial score (nSPS) is 10.3. The number of aryl methyl sites for hydroxylation is 1. The van der Waals surface area contributed by atoms with E-state index in [0.29, 0.717) is 0 Å². The fraction of sp³-hybridized carbons (Fsp3) is 0.500. The summed E-state index contributed by atoms with van der Waals surface area (Å²) in [4.78, 5) is 0. The maximum Gasteiger partial charge on any atom is 0.122 e. The van der Waals surface area contributed by atoms with Crippen LogP contribution >= 0.6 is 0 Å². The monoisotopic (exact) mass is 208 g/mol. The first kappa shape index (κ1) is 12.0. The van der Waals surface area contributed by atoms with E-state index in [2.05, 4.69) is 29.7 Å². The molecule has 0 unspecified atom stereocenters. The summed E-state index contributed by atoms with van der Waals surface area (Å²) in [6.07, 6.45) is 0. The molecule has 0 radical (unpaired) electrons. The van der Waals surface area contributed by atoms with Gasteiger partial charge in [0.15, 0.2) is 0 Å². The molecule has 2 N–H and O–H groups in total. The number of rotatable bonds is 6. The van der Waals surface area contributed by atoms with Gasteiger partial charge < -0.3 is 15.4 Å². The average molecular weight is 208 g/mol. The number of benzene rings is 1. The van der Waals surface area contributed by atoms with Crippen molar-refractivity contribution in [3.8, 4) is 5.75 Å². The summed E-state index contributed by atoms with van der Waals surface area (Å²) in [7, 11) is 1.93. The van der Waals surface area contributed by atoms with Crippen LogP contribution in [0.5, 0.6) is 5.75 Å². The smallest absolute Gasteiger partial charge is 0.122 e. The Morgan fingerprint density at radius 3 is 2.73 bits per heavy atom. The van der Waals surface area contributed by atoms with E-state index < -0.39 is 0 Å². The van der Waals surface area contributed by atoms with Gasteiger partial charge >= 0.3 is 0 Å². The van der Waals surface area contributed by atoms with E-state index in [1.54, 1.807) is 0 Å². The van der Waals surface area contributed by atoms with Crippen molar-refractivity contribution in [2.45, 2.75) is 20.4 Å². The maximum atomic E-state index is 5.48. The molecule has 1 rings (SSSR count). The van der Waals surface area contributed by atoms with Crippen molar-refractivity contribution >= 4 is 0 Å². The summed E-state index contributed by atoms with van der Waals surface area (Å²) in [5.41, 5.74) is 2.48. The summed E-state index contributed by atoms with van der Waals surface area (Å²) in [5, 5.41) is 6.33. The minimum absolute atomic E-state index is 0.720. The third-order valence-corrected chi connectivity index (χ3v) is 2.17. The average Bonchev–Trinajstić information content (AvgIpc) is 2.23. The Morgan fingerprint density at radius 2 is 2.13 bits per heavy atom. The third kappa shape index (κ3) is 3.90. The second kappa shape index (κ2) is 6.43. The lowest BCUT2D eigenvalue weighted by atomic mass is 10.1. The number of hydrogen-bond acceptors (Lipinski definition) is 3. The number of hydrogen-bond donors (Lipinski definition) is 2. The Labute approximate surface area is 91.8 Å². The Kier molecular flexibility index (Phi) is 5.15. The zero-order valence-electron chi connectivity index (χ0n) is 9.76. The zero-order chi connectivity index (χ0) is 11.1. The van der Waals surface area contributed by atoms with Crippen LogP contribution in [0.3, 0.4) is 0 Å². The topological polar surface area (TPSA) is 33.3 Å². The van der Waals surface area contributed by atoms with Crippen LogP contribution in [0.4, 0.5) is 0 Å². The summed E-state index contributed by atoms with van der Waals surface area (Å²) in [6, 6.07) is 6.30. The summed E-state index contributed by atoms with van der Waals surface area (Å²) < 4.78 is 5.48. The Morgan fingerprint density at radius 1 is 1.33 bits per heavy atom. The van der Waals surface area contributed by atoms with E-state index in [1.165, 1.54) is 11.1 Å². The van der Waals surface area contributed by atoms with Crippen LogP contribution in [0.1, 0.15) is 18.1 Å². The third-order valence-electron chi connectivity index (χ3n) is 2.17. The van der Waals surface area contributed by atoms with Crippen molar-refractivity contribution in [3.05, 3.63) is 29.3 Å². The van der Waals surface area contributed by atoms with E-state index in [0.717, 1.165) is 25.6 Å². The lowest BCUT2D eigenvalue weighted by Crippen LogP contribution is -2.25. The molecule has 1 aromatic carbocycles. The van der Waals surface area contributed by atoms with Gasteiger partial charge in [0, 0.05) is 13.2 Å². The van der Waals surface area contributed by atoms with Gasteiger partial charge in [-0.05, 0) is 38.1 Å². The molecule has 0 fully saturated rings. The summed E-state index contributed by atoms with van der Waals surface area (Å²) in [5.74, 6) is 0.981. The molecule has 0 aromatic heterocycles. The Bertz CT molecular complexity index is 300. The van der Waals surface area contributed by atoms with Crippen molar-refractivity contribution < 1.29 is 4.74 Å². The van der Waals surface area contributed by atoms with Crippen LogP contribution in [0.25, 0.3) is 0 Å². The van der Waals surface area contributed by atoms with Crippen molar-refractivity contribution in [2.75, 3.05) is 20.3 Å². The molecule has 0 saturated carbocycles. The van der Waals surface area contributed by atoms with E-state index in [9.17, 15) is 0 Å². The van der Waals surface area contributed by atoms with Crippen LogP contribution in [-0.2, 0) is 6.54 Å². The lowest BCUT2D eigenvalue weighted by Gasteiger charge is -2.09. The van der Waals surface area contributed by atoms with Gasteiger partial charge in [-0.25, -0.2) is 0 Å². The predicted molar refractivity (Wildman–Crippen MR) is 63.1 cm³/mol. The van der Waals surface area contributed by atoms with Gasteiger partial charge in [-0.3, -0.25) is 0 Å². The first-order valence-corrected chi connectivity index (χ1v) is 5.35. The van der Waals surface area contributed by atoms with Crippen molar-refractivity contribution in [3.63, 3.8) is 0 Å². The fourth-order valence-electron chi connectivity index (χ4n) is 1.47. The molecule has 0 amide bonds. The zero-order valence-corrected chi connectivity index (χ0v) is 9.76. The van der Waals surface area contributed by atoms with E-state index in [-0.39, 0.29) is 0 Å². The van der Waals surface area contributed by atoms with Gasteiger partial charge in [-0.1, -0.05) is 12.1 Å². The summed E-state index contributed by atoms with van der Waals surface area (Å²) >= 11 is 0. The minimum Gasteiger partial charge on any atom is -0.494 e. The Balaban J connectivity index is 2.56. The first-order valence-electron chi connectivity index (χ1n) is 5.35. The molecular weight excluding hydrogens is 188 g/mol. The quantitative estimate of drug-likeness (QED) is 0.551. The highest BCUT2D eigenvalue weighted by Crippen LogP contribution is 2.18. The van der Waals surface area contributed by atoms with Gasteiger partial charge in [-0.15, -0.1) is 0 Å². The van der Waals surface area contributed by atoms with Gasteiger partial charge in [0.2, 0.25) is 0 Å². The first-order chi connectivity index (χ1) is 7.27. The highest BCUT2D eigenvalue weighted by atomic mass is 16.5. The highest BCUT2D eigenvalue weighted by molar-refractivity contribution is 5.36. The van der Waals surface area contributed by atoms with Gasteiger partial charge in [0.05, 0.1) is 6.61 Å². The van der Waals surface area contributed by atoms with Crippen LogP contribution in [0, 0.1) is 6.92 Å². The van der Waals surface area contributed by atoms with Gasteiger partial charge in [0.1, 0.15) is 5.75 Å². The van der Waals surface area contributed by atoms with Crippen molar-refractivity contribution in [2.24, 2.45) is 0 Å². The molecule has 3 nitrogen and oxygen atoms in total. The molecule has 0 aliphatic heterocycles. The van der Waals surface area contributed by atoms with Crippen LogP contribution in [0.15, 0.2) is 18.2 Å². The molecule has 1 aromatic rings. The molecule has 15 heavy (non-hydrogen) atoms. The molecule has 0 aliphatic carbocycles. The van der Waals surface area contributed by atoms with Crippen molar-refractivity contribution in [1.29, 1.82) is 0 Å². The maximum absolute atomic E-state index is 5.48. The van der Waals surface area contributed by atoms with E-state index in [1.807, 2.05) is 20.0 Å². The fourth-order valence-corrected chi connectivity index (χ4v) is 1.47. The van der Waals surface area contributed by atoms with Crippen LogP contribution in [-0.4, -0.2) is 20.3 Å². The molecule has 0 atom stereocenters. The van der Waals surface area contributed by atoms with Crippen LogP contribution < -0.4 is 15.4 Å². The van der Waals surface area contributed by atoms with Crippen LogP contribution in [0.2, 0.25) is 0 Å². The second-order valence-corrected chi connectivity index (χ2v) is 3.49. The molecule has 0 saturated heterocycles. The highest BCUT2D eigenvalue weighted by Gasteiger charge is 1.99. The molecular formula is C12H20N2O.